The van der Waals surface area contributed by atoms with Crippen molar-refractivity contribution in [2.45, 2.75) is 47.0 Å². The molecule has 8 nitrogen and oxygen atoms in total. The van der Waals surface area contributed by atoms with E-state index >= 15 is 0 Å². The first kappa shape index (κ1) is 23.9. The van der Waals surface area contributed by atoms with Gasteiger partial charge in [-0.2, -0.15) is 0 Å². The van der Waals surface area contributed by atoms with Gasteiger partial charge in [0, 0.05) is 36.1 Å². The lowest BCUT2D eigenvalue weighted by Gasteiger charge is -2.18. The van der Waals surface area contributed by atoms with Crippen LogP contribution in [-0.4, -0.2) is 42.2 Å². The maximum Gasteiger partial charge on any atom is 0.170 e. The molecule has 0 bridgehead atoms. The van der Waals surface area contributed by atoms with Crippen LogP contribution in [0.5, 0.6) is 34.5 Å². The van der Waals surface area contributed by atoms with Crippen LogP contribution >= 0.6 is 0 Å². The summed E-state index contributed by atoms with van der Waals surface area (Å²) >= 11 is 0. The van der Waals surface area contributed by atoms with Crippen molar-refractivity contribution in [3.63, 3.8) is 0 Å². The molecular weight excluding hydrogens is 404 g/mol. The standard InChI is InChI=1S/C23H28O8/c1-10(6-16(26)20-18(28)8-14(24)12(3)22(20)30)5-11(2)7-17(27)21-19(29)9-15(25)13(4)23(21)31/h8-11,24-25,28-31H,5-7H2,1-4H3. The van der Waals surface area contributed by atoms with Crippen molar-refractivity contribution in [1.29, 1.82) is 0 Å². The molecular formula is C23H28O8. The normalized spacial score (nSPS) is 13.0. The highest BCUT2D eigenvalue weighted by Gasteiger charge is 2.25. The number of phenolic OH excluding ortho intramolecular Hbond substituents is 6. The summed E-state index contributed by atoms with van der Waals surface area (Å²) in [6, 6.07) is 2.01. The summed E-state index contributed by atoms with van der Waals surface area (Å²) in [6.45, 7) is 6.43. The van der Waals surface area contributed by atoms with E-state index in [9.17, 15) is 40.2 Å². The molecule has 2 aromatic carbocycles. The third-order valence-electron chi connectivity index (χ3n) is 5.44. The first-order valence-corrected chi connectivity index (χ1v) is 9.90. The van der Waals surface area contributed by atoms with Gasteiger partial charge in [-0.3, -0.25) is 9.59 Å². The van der Waals surface area contributed by atoms with Crippen molar-refractivity contribution < 1.29 is 40.2 Å². The van der Waals surface area contributed by atoms with E-state index in [0.717, 1.165) is 12.1 Å². The van der Waals surface area contributed by atoms with E-state index in [1.807, 2.05) is 0 Å². The van der Waals surface area contributed by atoms with Crippen molar-refractivity contribution in [3.8, 4) is 34.5 Å². The molecule has 2 atom stereocenters. The number of carbonyl (C=O) groups excluding carboxylic acids is 2. The molecule has 0 heterocycles. The van der Waals surface area contributed by atoms with Crippen LogP contribution < -0.4 is 0 Å². The molecule has 0 spiro atoms. The minimum absolute atomic E-state index is 0.00131. The molecule has 0 aliphatic rings. The molecule has 0 radical (unpaired) electrons. The number of benzene rings is 2. The zero-order chi connectivity index (χ0) is 23.6. The van der Waals surface area contributed by atoms with Crippen molar-refractivity contribution in [3.05, 3.63) is 34.4 Å². The monoisotopic (exact) mass is 432 g/mol. The summed E-state index contributed by atoms with van der Waals surface area (Å²) < 4.78 is 0. The van der Waals surface area contributed by atoms with Crippen LogP contribution in [-0.2, 0) is 0 Å². The first-order chi connectivity index (χ1) is 14.3. The van der Waals surface area contributed by atoms with Crippen molar-refractivity contribution in [2.75, 3.05) is 0 Å². The molecule has 8 heteroatoms. The fraction of sp³-hybridized carbons (Fsp3) is 0.391. The summed E-state index contributed by atoms with van der Waals surface area (Å²) in [7, 11) is 0. The highest BCUT2D eigenvalue weighted by atomic mass is 16.3. The third-order valence-corrected chi connectivity index (χ3v) is 5.44. The molecule has 0 saturated heterocycles. The van der Waals surface area contributed by atoms with Gasteiger partial charge in [0.2, 0.25) is 0 Å². The molecule has 0 aromatic heterocycles. The molecule has 2 rings (SSSR count). The Hall–Kier alpha value is -3.42. The molecule has 0 amide bonds. The van der Waals surface area contributed by atoms with Gasteiger partial charge in [-0.15, -0.1) is 0 Å². The quantitative estimate of drug-likeness (QED) is 0.341. The predicted octanol–water partition coefficient (Wildman–Crippen LogP) is 4.05. The summed E-state index contributed by atoms with van der Waals surface area (Å²) in [6.07, 6.45) is 0.450. The van der Waals surface area contributed by atoms with Crippen LogP contribution in [0.25, 0.3) is 0 Å². The molecule has 31 heavy (non-hydrogen) atoms. The SMILES string of the molecule is Cc1c(O)cc(O)c(C(=O)CC(C)CC(C)CC(=O)c2c(O)cc(O)c(C)c2O)c1O. The zero-order valence-corrected chi connectivity index (χ0v) is 17.9. The molecule has 0 saturated carbocycles. The van der Waals surface area contributed by atoms with Gasteiger partial charge in [0.25, 0.3) is 0 Å². The van der Waals surface area contributed by atoms with Gasteiger partial charge in [0.05, 0.1) is 0 Å². The average molecular weight is 432 g/mol. The van der Waals surface area contributed by atoms with Gasteiger partial charge in [-0.25, -0.2) is 0 Å². The molecule has 0 aliphatic carbocycles. The molecule has 6 N–H and O–H groups in total. The van der Waals surface area contributed by atoms with Gasteiger partial charge in [0.1, 0.15) is 45.6 Å². The number of hydrogen-bond acceptors (Lipinski definition) is 8. The highest BCUT2D eigenvalue weighted by molar-refractivity contribution is 6.02. The Labute approximate surface area is 180 Å². The highest BCUT2D eigenvalue weighted by Crippen LogP contribution is 2.39. The van der Waals surface area contributed by atoms with Crippen LogP contribution in [0.4, 0.5) is 0 Å². The Morgan fingerprint density at radius 2 is 1.00 bits per heavy atom. The minimum atomic E-state index is -0.505. The first-order valence-electron chi connectivity index (χ1n) is 9.90. The predicted molar refractivity (Wildman–Crippen MR) is 113 cm³/mol. The largest absolute Gasteiger partial charge is 0.507 e. The lowest BCUT2D eigenvalue weighted by molar-refractivity contribution is 0.0943. The van der Waals surface area contributed by atoms with Gasteiger partial charge in [0.15, 0.2) is 11.6 Å². The van der Waals surface area contributed by atoms with Crippen molar-refractivity contribution in [1.82, 2.24) is 0 Å². The Morgan fingerprint density at radius 3 is 1.32 bits per heavy atom. The maximum absolute atomic E-state index is 12.6. The van der Waals surface area contributed by atoms with Crippen LogP contribution in [0.1, 0.15) is 65.0 Å². The maximum atomic E-state index is 12.6. The van der Waals surface area contributed by atoms with Crippen LogP contribution in [0.15, 0.2) is 12.1 Å². The summed E-state index contributed by atoms with van der Waals surface area (Å²) in [4.78, 5) is 25.2. The summed E-state index contributed by atoms with van der Waals surface area (Å²) in [5.74, 6) is -3.96. The van der Waals surface area contributed by atoms with Gasteiger partial charge >= 0.3 is 0 Å². The Kier molecular flexibility index (Phi) is 7.05. The molecule has 0 fully saturated rings. The number of phenols is 6. The topological polar surface area (TPSA) is 156 Å². The molecule has 0 aliphatic heterocycles. The second-order valence-corrected chi connectivity index (χ2v) is 8.23. The van der Waals surface area contributed by atoms with E-state index < -0.39 is 34.6 Å². The van der Waals surface area contributed by atoms with E-state index in [1.165, 1.54) is 13.8 Å². The van der Waals surface area contributed by atoms with Crippen molar-refractivity contribution in [2.24, 2.45) is 11.8 Å². The Balaban J connectivity index is 2.06. The fourth-order valence-corrected chi connectivity index (χ4v) is 3.72. The average Bonchev–Trinajstić information content (AvgIpc) is 2.63. The van der Waals surface area contributed by atoms with Gasteiger partial charge in [-0.05, 0) is 32.1 Å². The summed E-state index contributed by atoms with van der Waals surface area (Å²) in [5.41, 5.74) is -0.311. The number of rotatable bonds is 8. The number of carbonyl (C=O) groups is 2. The number of ketones is 2. The van der Waals surface area contributed by atoms with E-state index in [0.29, 0.717) is 6.42 Å². The summed E-state index contributed by atoms with van der Waals surface area (Å²) in [5, 5.41) is 59.4. The number of hydrogen-bond donors (Lipinski definition) is 6. The number of Topliss-reactive ketones (excluding diaryl/α,β-unsaturated/α-hetero) is 2. The lowest BCUT2D eigenvalue weighted by atomic mass is 9.87. The second-order valence-electron chi connectivity index (χ2n) is 8.23. The van der Waals surface area contributed by atoms with Gasteiger partial charge < -0.3 is 30.6 Å². The third kappa shape index (κ3) is 5.02. The Morgan fingerprint density at radius 1 is 0.677 bits per heavy atom. The lowest BCUT2D eigenvalue weighted by Crippen LogP contribution is -2.13. The fourth-order valence-electron chi connectivity index (χ4n) is 3.72. The molecule has 168 valence electrons. The van der Waals surface area contributed by atoms with Crippen LogP contribution in [0, 0.1) is 25.7 Å². The van der Waals surface area contributed by atoms with Crippen molar-refractivity contribution >= 4 is 11.6 Å². The van der Waals surface area contributed by atoms with E-state index in [2.05, 4.69) is 0 Å². The van der Waals surface area contributed by atoms with Crippen LogP contribution in [0.2, 0.25) is 0 Å². The van der Waals surface area contributed by atoms with Gasteiger partial charge in [-0.1, -0.05) is 13.8 Å². The zero-order valence-electron chi connectivity index (χ0n) is 17.9. The van der Waals surface area contributed by atoms with E-state index in [1.54, 1.807) is 13.8 Å². The Bertz CT molecular complexity index is 944. The second kappa shape index (κ2) is 9.16. The van der Waals surface area contributed by atoms with E-state index in [-0.39, 0.29) is 58.4 Å². The minimum Gasteiger partial charge on any atom is -0.507 e. The van der Waals surface area contributed by atoms with E-state index in [4.69, 9.17) is 0 Å². The van der Waals surface area contributed by atoms with Crippen LogP contribution in [0.3, 0.4) is 0 Å². The molecule has 2 unspecified atom stereocenters. The smallest absolute Gasteiger partial charge is 0.170 e. The number of aromatic hydroxyl groups is 6. The molecule has 2 aromatic rings.